The van der Waals surface area contributed by atoms with Gasteiger partial charge in [0.15, 0.2) is 0 Å². The minimum Gasteiger partial charge on any atom is -0.461 e. The maximum Gasteiger partial charge on any atom is 0.407 e. The summed E-state index contributed by atoms with van der Waals surface area (Å²) in [5.41, 5.74) is 0. The first kappa shape index (κ1) is 17.9. The number of esters is 1. The largest absolute Gasteiger partial charge is 0.461 e. The number of nitrogens with one attached hydrogen (secondary N) is 2. The van der Waals surface area contributed by atoms with E-state index in [9.17, 15) is 14.4 Å². The molecule has 0 heterocycles. The average Bonchev–Trinajstić information content (AvgIpc) is 2.46. The topological polar surface area (TPSA) is 93.7 Å². The third-order valence-corrected chi connectivity index (χ3v) is 2.48. The van der Waals surface area contributed by atoms with Crippen LogP contribution < -0.4 is 10.6 Å². The molecule has 0 aromatic heterocycles. The Morgan fingerprint density at radius 2 is 1.75 bits per heavy atom. The molecule has 0 bridgehead atoms. The van der Waals surface area contributed by atoms with Gasteiger partial charge in [-0.3, -0.25) is 4.79 Å². The standard InChI is InChI=1S/C13H22N2O5/c1-4-10(3)12(17)14-6-9-20-13(18)15-7-8-19-11(16)5-2/h5,10H,2,4,6-9H2,1,3H3,(H,14,17)(H,15,18). The van der Waals surface area contributed by atoms with Crippen molar-refractivity contribution < 1.29 is 23.9 Å². The zero-order valence-corrected chi connectivity index (χ0v) is 11.9. The molecule has 1 atom stereocenters. The van der Waals surface area contributed by atoms with Crippen molar-refractivity contribution in [2.45, 2.75) is 20.3 Å². The van der Waals surface area contributed by atoms with E-state index in [2.05, 4.69) is 21.9 Å². The van der Waals surface area contributed by atoms with Crippen molar-refractivity contribution >= 4 is 18.0 Å². The fraction of sp³-hybridized carbons (Fsp3) is 0.615. The monoisotopic (exact) mass is 286 g/mol. The van der Waals surface area contributed by atoms with Crippen molar-refractivity contribution in [2.75, 3.05) is 26.3 Å². The quantitative estimate of drug-likeness (QED) is 0.368. The Morgan fingerprint density at radius 1 is 1.15 bits per heavy atom. The van der Waals surface area contributed by atoms with E-state index in [1.54, 1.807) is 0 Å². The third-order valence-electron chi connectivity index (χ3n) is 2.48. The molecule has 7 nitrogen and oxygen atoms in total. The van der Waals surface area contributed by atoms with Gasteiger partial charge in [0.25, 0.3) is 0 Å². The SMILES string of the molecule is C=CC(=O)OCCNC(=O)OCCNC(=O)C(C)CC. The normalized spacial score (nSPS) is 11.1. The lowest BCUT2D eigenvalue weighted by molar-refractivity contribution is -0.137. The first-order chi connectivity index (χ1) is 9.51. The maximum absolute atomic E-state index is 11.4. The van der Waals surface area contributed by atoms with E-state index in [0.717, 1.165) is 12.5 Å². The van der Waals surface area contributed by atoms with Crippen molar-refractivity contribution in [3.63, 3.8) is 0 Å². The molecule has 2 amide bonds. The van der Waals surface area contributed by atoms with Crippen molar-refractivity contribution in [2.24, 2.45) is 5.92 Å². The Bertz CT molecular complexity index is 344. The number of hydrogen-bond acceptors (Lipinski definition) is 5. The van der Waals surface area contributed by atoms with Crippen LogP contribution in [0.2, 0.25) is 0 Å². The van der Waals surface area contributed by atoms with E-state index in [1.165, 1.54) is 0 Å². The lowest BCUT2D eigenvalue weighted by Crippen LogP contribution is -2.34. The summed E-state index contributed by atoms with van der Waals surface area (Å²) in [4.78, 5) is 33.3. The highest BCUT2D eigenvalue weighted by atomic mass is 16.6. The van der Waals surface area contributed by atoms with Crippen LogP contribution in [-0.2, 0) is 19.1 Å². The van der Waals surface area contributed by atoms with Crippen molar-refractivity contribution in [3.05, 3.63) is 12.7 Å². The smallest absolute Gasteiger partial charge is 0.407 e. The number of hydrogen-bond donors (Lipinski definition) is 2. The fourth-order valence-electron chi connectivity index (χ4n) is 1.09. The van der Waals surface area contributed by atoms with E-state index in [-0.39, 0.29) is 38.1 Å². The summed E-state index contributed by atoms with van der Waals surface area (Å²) in [7, 11) is 0. The number of rotatable bonds is 9. The second-order valence-electron chi connectivity index (χ2n) is 4.03. The van der Waals surface area contributed by atoms with Crippen LogP contribution in [0.5, 0.6) is 0 Å². The summed E-state index contributed by atoms with van der Waals surface area (Å²) in [5.74, 6) is -0.663. The Kier molecular flexibility index (Phi) is 9.72. The Hall–Kier alpha value is -2.05. The Balaban J connectivity index is 3.52. The van der Waals surface area contributed by atoms with Gasteiger partial charge in [-0.1, -0.05) is 20.4 Å². The molecule has 0 aromatic carbocycles. The predicted molar refractivity (Wildman–Crippen MR) is 73.0 cm³/mol. The van der Waals surface area contributed by atoms with Gasteiger partial charge < -0.3 is 20.1 Å². The maximum atomic E-state index is 11.4. The van der Waals surface area contributed by atoms with Crippen molar-refractivity contribution in [1.82, 2.24) is 10.6 Å². The summed E-state index contributed by atoms with van der Waals surface area (Å²) in [6.45, 7) is 7.53. The fourth-order valence-corrected chi connectivity index (χ4v) is 1.09. The third kappa shape index (κ3) is 8.96. The minimum absolute atomic E-state index is 0.0463. The van der Waals surface area contributed by atoms with Gasteiger partial charge in [-0.25, -0.2) is 9.59 Å². The molecule has 0 radical (unpaired) electrons. The van der Waals surface area contributed by atoms with Gasteiger partial charge in [-0.2, -0.15) is 0 Å². The molecule has 0 aromatic rings. The highest BCUT2D eigenvalue weighted by Crippen LogP contribution is 1.98. The minimum atomic E-state index is -0.627. The molecule has 1 unspecified atom stereocenters. The van der Waals surface area contributed by atoms with Crippen LogP contribution in [0.4, 0.5) is 4.79 Å². The molecule has 2 N–H and O–H groups in total. The molecule has 0 saturated heterocycles. The molecular formula is C13H22N2O5. The summed E-state index contributed by atoms with van der Waals surface area (Å²) in [6, 6.07) is 0. The van der Waals surface area contributed by atoms with Gasteiger partial charge in [0.1, 0.15) is 13.2 Å². The highest BCUT2D eigenvalue weighted by molar-refractivity contribution is 5.81. The molecule has 20 heavy (non-hydrogen) atoms. The molecule has 0 aliphatic carbocycles. The number of carbonyl (C=O) groups excluding carboxylic acids is 3. The molecular weight excluding hydrogens is 264 g/mol. The summed E-state index contributed by atoms with van der Waals surface area (Å²) < 4.78 is 9.47. The van der Waals surface area contributed by atoms with Crippen molar-refractivity contribution in [1.29, 1.82) is 0 Å². The zero-order chi connectivity index (χ0) is 15.4. The van der Waals surface area contributed by atoms with Gasteiger partial charge in [0, 0.05) is 12.0 Å². The predicted octanol–water partition coefficient (Wildman–Crippen LogP) is 0.604. The molecule has 0 aliphatic rings. The molecule has 0 spiro atoms. The molecule has 0 aliphatic heterocycles. The Labute approximate surface area is 118 Å². The van der Waals surface area contributed by atoms with E-state index in [1.807, 2.05) is 13.8 Å². The van der Waals surface area contributed by atoms with Crippen LogP contribution in [0.25, 0.3) is 0 Å². The number of carbonyl (C=O) groups is 3. The lowest BCUT2D eigenvalue weighted by atomic mass is 10.1. The van der Waals surface area contributed by atoms with Gasteiger partial charge in [0.2, 0.25) is 5.91 Å². The number of amides is 2. The number of ether oxygens (including phenoxy) is 2. The van der Waals surface area contributed by atoms with Crippen LogP contribution in [0.1, 0.15) is 20.3 Å². The lowest BCUT2D eigenvalue weighted by Gasteiger charge is -2.10. The van der Waals surface area contributed by atoms with Crippen molar-refractivity contribution in [3.8, 4) is 0 Å². The van der Waals surface area contributed by atoms with Crippen LogP contribution in [0.15, 0.2) is 12.7 Å². The average molecular weight is 286 g/mol. The summed E-state index contributed by atoms with van der Waals surface area (Å²) in [5, 5.41) is 5.05. The molecule has 0 rings (SSSR count). The van der Waals surface area contributed by atoms with Gasteiger partial charge in [0.05, 0.1) is 13.1 Å². The van der Waals surface area contributed by atoms with E-state index in [0.29, 0.717) is 0 Å². The molecule has 0 fully saturated rings. The van der Waals surface area contributed by atoms with Crippen LogP contribution in [-0.4, -0.2) is 44.3 Å². The van der Waals surface area contributed by atoms with Crippen LogP contribution >= 0.6 is 0 Å². The summed E-state index contributed by atoms with van der Waals surface area (Å²) >= 11 is 0. The molecule has 114 valence electrons. The van der Waals surface area contributed by atoms with E-state index in [4.69, 9.17) is 4.74 Å². The first-order valence-corrected chi connectivity index (χ1v) is 6.48. The second kappa shape index (κ2) is 10.8. The zero-order valence-electron chi connectivity index (χ0n) is 11.9. The molecule has 0 saturated carbocycles. The van der Waals surface area contributed by atoms with Gasteiger partial charge >= 0.3 is 12.1 Å². The second-order valence-corrected chi connectivity index (χ2v) is 4.03. The Morgan fingerprint density at radius 3 is 2.35 bits per heavy atom. The van der Waals surface area contributed by atoms with E-state index < -0.39 is 12.1 Å². The highest BCUT2D eigenvalue weighted by Gasteiger charge is 2.09. The van der Waals surface area contributed by atoms with Crippen LogP contribution in [0, 0.1) is 5.92 Å². The molecule has 7 heteroatoms. The number of alkyl carbamates (subject to hydrolysis) is 1. The van der Waals surface area contributed by atoms with E-state index >= 15 is 0 Å². The van der Waals surface area contributed by atoms with Gasteiger partial charge in [-0.05, 0) is 6.42 Å². The van der Waals surface area contributed by atoms with Gasteiger partial charge in [-0.15, -0.1) is 0 Å². The summed E-state index contributed by atoms with van der Waals surface area (Å²) in [6.07, 6.45) is 1.17. The van der Waals surface area contributed by atoms with Crippen LogP contribution in [0.3, 0.4) is 0 Å². The first-order valence-electron chi connectivity index (χ1n) is 6.48.